The number of hydrogen-bond acceptors (Lipinski definition) is 6. The van der Waals surface area contributed by atoms with Gasteiger partial charge in [0.25, 0.3) is 0 Å². The average Bonchev–Trinajstić information content (AvgIpc) is 2.65. The Morgan fingerprint density at radius 2 is 1.54 bits per heavy atom. The van der Waals surface area contributed by atoms with E-state index < -0.39 is 23.8 Å². The maximum atomic E-state index is 12.4. The molecule has 8 nitrogen and oxygen atoms in total. The molecule has 0 bridgehead atoms. The first-order valence-electron chi connectivity index (χ1n) is 8.30. The number of ether oxygens (including phenoxy) is 2. The Morgan fingerprint density at radius 1 is 0.962 bits per heavy atom. The Labute approximate surface area is 152 Å². The molecule has 1 aromatic rings. The van der Waals surface area contributed by atoms with Crippen LogP contribution in [0, 0.1) is 0 Å². The van der Waals surface area contributed by atoms with E-state index in [4.69, 9.17) is 0 Å². The van der Waals surface area contributed by atoms with Gasteiger partial charge in [0.1, 0.15) is 0 Å². The summed E-state index contributed by atoms with van der Waals surface area (Å²) < 4.78 is 9.30. The fourth-order valence-electron chi connectivity index (χ4n) is 2.35. The molecule has 0 saturated heterocycles. The minimum Gasteiger partial charge on any atom is -0.465 e. The lowest BCUT2D eigenvalue weighted by molar-refractivity contribution is -0.143. The second kappa shape index (κ2) is 10.2. The first-order chi connectivity index (χ1) is 12.4. The van der Waals surface area contributed by atoms with E-state index >= 15 is 0 Å². The van der Waals surface area contributed by atoms with Crippen molar-refractivity contribution in [3.63, 3.8) is 0 Å². The number of carbonyl (C=O) groups is 4. The summed E-state index contributed by atoms with van der Waals surface area (Å²) in [6, 6.07) is 3.97. The van der Waals surface area contributed by atoms with E-state index in [-0.39, 0.29) is 16.8 Å². The fraction of sp³-hybridized carbons (Fsp3) is 0.444. The standard InChI is InChI=1S/C18H24N2O6/c1-5-9-20(10-6-2)16(22)15(21)19-14-11-12(17(23)25-3)7-8-13(14)18(24)26-4/h7-8,11H,5-6,9-10H2,1-4H3,(H,19,21). The van der Waals surface area contributed by atoms with Crippen LogP contribution in [0.25, 0.3) is 0 Å². The van der Waals surface area contributed by atoms with Gasteiger partial charge in [-0.15, -0.1) is 0 Å². The van der Waals surface area contributed by atoms with Crippen LogP contribution in [0.3, 0.4) is 0 Å². The van der Waals surface area contributed by atoms with Gasteiger partial charge in [-0.1, -0.05) is 13.8 Å². The number of esters is 2. The lowest BCUT2D eigenvalue weighted by atomic mass is 10.1. The molecule has 0 aliphatic rings. The molecular formula is C18H24N2O6. The van der Waals surface area contributed by atoms with E-state index in [1.807, 2.05) is 13.8 Å². The number of nitrogens with zero attached hydrogens (tertiary/aromatic N) is 1. The van der Waals surface area contributed by atoms with E-state index in [0.717, 1.165) is 0 Å². The highest BCUT2D eigenvalue weighted by Gasteiger charge is 2.24. The molecule has 0 aliphatic heterocycles. The highest BCUT2D eigenvalue weighted by molar-refractivity contribution is 6.39. The molecule has 142 valence electrons. The SMILES string of the molecule is CCCN(CCC)C(=O)C(=O)Nc1cc(C(=O)OC)ccc1C(=O)OC. The van der Waals surface area contributed by atoms with Crippen LogP contribution >= 0.6 is 0 Å². The summed E-state index contributed by atoms with van der Waals surface area (Å²) >= 11 is 0. The Kier molecular flexibility index (Phi) is 8.27. The van der Waals surface area contributed by atoms with Crippen molar-refractivity contribution in [2.75, 3.05) is 32.6 Å². The summed E-state index contributed by atoms with van der Waals surface area (Å²) in [4.78, 5) is 49.7. The summed E-state index contributed by atoms with van der Waals surface area (Å²) in [5.74, 6) is -2.93. The molecule has 1 N–H and O–H groups in total. The average molecular weight is 364 g/mol. The van der Waals surface area contributed by atoms with Gasteiger partial charge in [0.2, 0.25) is 0 Å². The van der Waals surface area contributed by atoms with Crippen molar-refractivity contribution in [1.82, 2.24) is 4.90 Å². The van der Waals surface area contributed by atoms with Gasteiger partial charge in [0.05, 0.1) is 31.0 Å². The zero-order chi connectivity index (χ0) is 19.7. The summed E-state index contributed by atoms with van der Waals surface area (Å²) in [5, 5.41) is 2.40. The lowest BCUT2D eigenvalue weighted by Gasteiger charge is -2.21. The minimum absolute atomic E-state index is 0.00560. The molecule has 0 atom stereocenters. The van der Waals surface area contributed by atoms with Crippen LogP contribution in [-0.2, 0) is 19.1 Å². The Bertz CT molecular complexity index is 680. The molecule has 0 heterocycles. The van der Waals surface area contributed by atoms with Crippen LogP contribution < -0.4 is 5.32 Å². The largest absolute Gasteiger partial charge is 0.465 e. The molecule has 0 unspecified atom stereocenters. The van der Waals surface area contributed by atoms with Gasteiger partial charge in [0, 0.05) is 13.1 Å². The number of rotatable bonds is 7. The zero-order valence-electron chi connectivity index (χ0n) is 15.5. The first kappa shape index (κ1) is 21.1. The van der Waals surface area contributed by atoms with Crippen LogP contribution in [0.15, 0.2) is 18.2 Å². The summed E-state index contributed by atoms with van der Waals surface area (Å²) in [6.07, 6.45) is 1.43. The van der Waals surface area contributed by atoms with Crippen LogP contribution in [-0.4, -0.2) is 56.0 Å². The number of carbonyl (C=O) groups excluding carboxylic acids is 4. The molecule has 26 heavy (non-hydrogen) atoms. The van der Waals surface area contributed by atoms with E-state index in [2.05, 4.69) is 14.8 Å². The third kappa shape index (κ3) is 5.30. The highest BCUT2D eigenvalue weighted by Crippen LogP contribution is 2.20. The molecule has 1 aromatic carbocycles. The van der Waals surface area contributed by atoms with Gasteiger partial charge in [-0.2, -0.15) is 0 Å². The topological polar surface area (TPSA) is 102 Å². The molecule has 0 aromatic heterocycles. The normalized spacial score (nSPS) is 10.0. The zero-order valence-corrected chi connectivity index (χ0v) is 15.5. The van der Waals surface area contributed by atoms with Gasteiger partial charge in [-0.25, -0.2) is 9.59 Å². The molecule has 0 spiro atoms. The number of methoxy groups -OCH3 is 2. The van der Waals surface area contributed by atoms with Gasteiger partial charge in [0.15, 0.2) is 0 Å². The quantitative estimate of drug-likeness (QED) is 0.585. The van der Waals surface area contributed by atoms with Crippen molar-refractivity contribution in [3.8, 4) is 0 Å². The number of hydrogen-bond donors (Lipinski definition) is 1. The van der Waals surface area contributed by atoms with Crippen LogP contribution in [0.4, 0.5) is 5.69 Å². The summed E-state index contributed by atoms with van der Waals surface area (Å²) in [6.45, 7) is 4.71. The molecule has 1 rings (SSSR count). The second-order valence-corrected chi connectivity index (χ2v) is 5.49. The number of anilines is 1. The van der Waals surface area contributed by atoms with Crippen molar-refractivity contribution in [1.29, 1.82) is 0 Å². The van der Waals surface area contributed by atoms with Crippen LogP contribution in [0.1, 0.15) is 47.4 Å². The third-order valence-corrected chi connectivity index (χ3v) is 3.56. The minimum atomic E-state index is -0.890. The van der Waals surface area contributed by atoms with Crippen molar-refractivity contribution in [3.05, 3.63) is 29.3 Å². The van der Waals surface area contributed by atoms with E-state index in [1.165, 1.54) is 37.3 Å². The van der Waals surface area contributed by atoms with Crippen molar-refractivity contribution < 1.29 is 28.7 Å². The molecular weight excluding hydrogens is 340 g/mol. The van der Waals surface area contributed by atoms with Crippen molar-refractivity contribution in [2.45, 2.75) is 26.7 Å². The predicted molar refractivity (Wildman–Crippen MR) is 94.9 cm³/mol. The molecule has 2 amide bonds. The van der Waals surface area contributed by atoms with Gasteiger partial charge < -0.3 is 19.7 Å². The third-order valence-electron chi connectivity index (χ3n) is 3.56. The van der Waals surface area contributed by atoms with Crippen molar-refractivity contribution >= 4 is 29.4 Å². The van der Waals surface area contributed by atoms with Crippen molar-refractivity contribution in [2.24, 2.45) is 0 Å². The number of benzene rings is 1. The van der Waals surface area contributed by atoms with E-state index in [9.17, 15) is 19.2 Å². The predicted octanol–water partition coefficient (Wildman–Crippen LogP) is 1.85. The van der Waals surface area contributed by atoms with Crippen LogP contribution in [0.2, 0.25) is 0 Å². The van der Waals surface area contributed by atoms with Crippen LogP contribution in [0.5, 0.6) is 0 Å². The monoisotopic (exact) mass is 364 g/mol. The molecule has 0 saturated carbocycles. The van der Waals surface area contributed by atoms with Gasteiger partial charge in [-0.3, -0.25) is 9.59 Å². The first-order valence-corrected chi connectivity index (χ1v) is 8.30. The van der Waals surface area contributed by atoms with E-state index in [0.29, 0.717) is 25.9 Å². The maximum absolute atomic E-state index is 12.4. The van der Waals surface area contributed by atoms with Gasteiger partial charge >= 0.3 is 23.8 Å². The van der Waals surface area contributed by atoms with Gasteiger partial charge in [-0.05, 0) is 31.0 Å². The highest BCUT2D eigenvalue weighted by atomic mass is 16.5. The number of amides is 2. The summed E-state index contributed by atoms with van der Waals surface area (Å²) in [7, 11) is 2.41. The molecule has 8 heteroatoms. The van der Waals surface area contributed by atoms with E-state index in [1.54, 1.807) is 0 Å². The molecule has 0 aliphatic carbocycles. The Hall–Kier alpha value is -2.90. The Morgan fingerprint density at radius 3 is 2.04 bits per heavy atom. The number of nitrogens with one attached hydrogen (secondary N) is 1. The lowest BCUT2D eigenvalue weighted by Crippen LogP contribution is -2.40. The summed E-state index contributed by atoms with van der Waals surface area (Å²) in [5.41, 5.74) is 0.159. The molecule has 0 fully saturated rings. The smallest absolute Gasteiger partial charge is 0.339 e. The molecule has 0 radical (unpaired) electrons. The second-order valence-electron chi connectivity index (χ2n) is 5.49. The Balaban J connectivity index is 3.14. The maximum Gasteiger partial charge on any atom is 0.339 e. The fourth-order valence-corrected chi connectivity index (χ4v) is 2.35.